The number of ether oxygens (including phenoxy) is 2. The Morgan fingerprint density at radius 2 is 1.85 bits per heavy atom. The smallest absolute Gasteiger partial charge is 0.226 e. The van der Waals surface area contributed by atoms with Crippen molar-refractivity contribution in [3.8, 4) is 17.2 Å². The van der Waals surface area contributed by atoms with Crippen LogP contribution in [0.2, 0.25) is 0 Å². The minimum absolute atomic E-state index is 0.0342. The van der Waals surface area contributed by atoms with Gasteiger partial charge in [-0.1, -0.05) is 6.07 Å². The van der Waals surface area contributed by atoms with Crippen LogP contribution in [-0.2, 0) is 4.79 Å². The van der Waals surface area contributed by atoms with Gasteiger partial charge in [-0.15, -0.1) is 0 Å². The molecule has 3 rings (SSSR count). The lowest BCUT2D eigenvalue weighted by Crippen LogP contribution is -2.26. The average Bonchev–Trinajstić information content (AvgIpc) is 3.03. The molecule has 2 aromatic rings. The number of hydrogen-bond donors (Lipinski definition) is 4. The van der Waals surface area contributed by atoms with Gasteiger partial charge in [-0.05, 0) is 76.8 Å². The van der Waals surface area contributed by atoms with Crippen LogP contribution in [0.25, 0.3) is 17.2 Å². The van der Waals surface area contributed by atoms with Crippen LogP contribution in [0.5, 0.6) is 17.2 Å². The average molecular weight is 451 g/mol. The highest BCUT2D eigenvalue weighted by molar-refractivity contribution is 6.06. The molecule has 0 bridgehead atoms. The molecular weight excluding hydrogens is 425 g/mol. The first-order chi connectivity index (χ1) is 15.8. The number of amides is 1. The predicted molar refractivity (Wildman–Crippen MR) is 127 cm³/mol. The molecule has 33 heavy (non-hydrogen) atoms. The van der Waals surface area contributed by atoms with Crippen molar-refractivity contribution in [3.63, 3.8) is 0 Å². The highest BCUT2D eigenvalue weighted by Gasteiger charge is 2.25. The lowest BCUT2D eigenvalue weighted by Gasteiger charge is -2.11. The van der Waals surface area contributed by atoms with Gasteiger partial charge >= 0.3 is 0 Å². The molecule has 172 valence electrons. The number of aromatic hydroxyl groups is 1. The zero-order valence-corrected chi connectivity index (χ0v) is 18.7. The second-order valence-electron chi connectivity index (χ2n) is 7.49. The van der Waals surface area contributed by atoms with Crippen molar-refractivity contribution in [1.82, 2.24) is 5.32 Å². The van der Waals surface area contributed by atoms with Gasteiger partial charge in [-0.2, -0.15) is 0 Å². The number of phenolic OH excluding ortho intramolecular Hbond substituents is 1. The fraction of sp³-hybridized carbons (Fsp3) is 0.200. The van der Waals surface area contributed by atoms with Crippen LogP contribution in [0, 0.1) is 11.2 Å². The molecule has 0 aromatic heterocycles. The summed E-state index contributed by atoms with van der Waals surface area (Å²) in [4.78, 5) is 12.2. The normalized spacial score (nSPS) is 14.3. The van der Waals surface area contributed by atoms with E-state index in [1.165, 1.54) is 32.4 Å². The Kier molecular flexibility index (Phi) is 7.17. The molecule has 0 spiro atoms. The van der Waals surface area contributed by atoms with Gasteiger partial charge in [0.15, 0.2) is 11.5 Å². The molecule has 1 aliphatic rings. The van der Waals surface area contributed by atoms with Gasteiger partial charge in [0.25, 0.3) is 0 Å². The van der Waals surface area contributed by atoms with Crippen LogP contribution in [0.3, 0.4) is 0 Å². The highest BCUT2D eigenvalue weighted by atomic mass is 19.1. The molecule has 8 heteroatoms. The largest absolute Gasteiger partial charge is 0.502 e. The summed E-state index contributed by atoms with van der Waals surface area (Å²) in [5.41, 5.74) is 10.7. The first-order valence-electron chi connectivity index (χ1n) is 10.2. The van der Waals surface area contributed by atoms with E-state index in [1.54, 1.807) is 18.2 Å². The first-order valence-corrected chi connectivity index (χ1v) is 10.2. The highest BCUT2D eigenvalue weighted by Crippen LogP contribution is 2.44. The van der Waals surface area contributed by atoms with E-state index in [2.05, 4.69) is 5.32 Å². The molecule has 0 unspecified atom stereocenters. The van der Waals surface area contributed by atoms with E-state index in [9.17, 15) is 14.3 Å². The number of allylic oxidation sites excluding steroid dienone is 3. The predicted octanol–water partition coefficient (Wildman–Crippen LogP) is 3.87. The van der Waals surface area contributed by atoms with Gasteiger partial charge < -0.3 is 31.0 Å². The monoisotopic (exact) mass is 451 g/mol. The lowest BCUT2D eigenvalue weighted by atomic mass is 10.00. The fourth-order valence-corrected chi connectivity index (χ4v) is 3.75. The minimum atomic E-state index is -0.377. The maximum atomic E-state index is 14.1. The van der Waals surface area contributed by atoms with E-state index in [-0.39, 0.29) is 47.6 Å². The quantitative estimate of drug-likeness (QED) is 0.455. The number of carbonyl (C=O) groups excluding carboxylic acids is 1. The summed E-state index contributed by atoms with van der Waals surface area (Å²) in [7, 11) is 2.91. The number of phenols is 1. The number of fused-ring (bicyclic) bond motifs is 1. The summed E-state index contributed by atoms with van der Waals surface area (Å²) in [5.74, 6) is -0.235. The molecule has 1 aliphatic carbocycles. The van der Waals surface area contributed by atoms with E-state index in [0.29, 0.717) is 5.56 Å². The van der Waals surface area contributed by atoms with Gasteiger partial charge in [0.05, 0.1) is 20.6 Å². The Labute approximate surface area is 191 Å². The van der Waals surface area contributed by atoms with Crippen LogP contribution in [0.15, 0.2) is 47.7 Å². The topological polar surface area (TPSA) is 118 Å². The van der Waals surface area contributed by atoms with Crippen molar-refractivity contribution in [2.24, 2.45) is 5.73 Å². The second kappa shape index (κ2) is 10.0. The SMILES string of the molecule is COc1cc(/C=C2/C(C)=C(CNC(=O)C/C(N)=C/C=N)c3cc(F)ccc32)cc(OC)c1O. The van der Waals surface area contributed by atoms with Crippen molar-refractivity contribution in [3.05, 3.63) is 70.2 Å². The van der Waals surface area contributed by atoms with Gasteiger partial charge in [0.2, 0.25) is 11.7 Å². The Bertz CT molecular complexity index is 1170. The summed E-state index contributed by atoms with van der Waals surface area (Å²) in [6.07, 6.45) is 4.24. The third kappa shape index (κ3) is 5.06. The summed E-state index contributed by atoms with van der Waals surface area (Å²) in [5, 5.41) is 20.0. The minimum Gasteiger partial charge on any atom is -0.502 e. The number of nitrogens with one attached hydrogen (secondary N) is 2. The maximum Gasteiger partial charge on any atom is 0.226 e. The van der Waals surface area contributed by atoms with Crippen LogP contribution in [0.4, 0.5) is 4.39 Å². The number of rotatable bonds is 8. The van der Waals surface area contributed by atoms with Gasteiger partial charge in [0, 0.05) is 18.5 Å². The molecular formula is C25H26FN3O4. The summed E-state index contributed by atoms with van der Waals surface area (Å²) in [6.45, 7) is 2.10. The molecule has 0 fully saturated rings. The zero-order valence-electron chi connectivity index (χ0n) is 18.7. The summed E-state index contributed by atoms with van der Waals surface area (Å²) >= 11 is 0. The van der Waals surface area contributed by atoms with Crippen molar-refractivity contribution in [1.29, 1.82) is 5.41 Å². The molecule has 1 amide bonds. The molecule has 0 atom stereocenters. The van der Waals surface area contributed by atoms with E-state index < -0.39 is 0 Å². The van der Waals surface area contributed by atoms with Gasteiger partial charge in [-0.3, -0.25) is 4.79 Å². The molecule has 2 aromatic carbocycles. The number of carbonyl (C=O) groups is 1. The van der Waals surface area contributed by atoms with Crippen LogP contribution >= 0.6 is 0 Å². The number of nitrogens with two attached hydrogens (primary N) is 1. The molecule has 0 heterocycles. The Morgan fingerprint density at radius 3 is 2.45 bits per heavy atom. The van der Waals surface area contributed by atoms with Crippen LogP contribution in [0.1, 0.15) is 30.0 Å². The molecule has 0 saturated carbocycles. The van der Waals surface area contributed by atoms with Crippen molar-refractivity contribution < 1.29 is 23.8 Å². The number of halogens is 1. The van der Waals surface area contributed by atoms with Crippen molar-refractivity contribution in [2.75, 3.05) is 20.8 Å². The van der Waals surface area contributed by atoms with Crippen molar-refractivity contribution in [2.45, 2.75) is 13.3 Å². The molecule has 7 nitrogen and oxygen atoms in total. The maximum absolute atomic E-state index is 14.1. The Morgan fingerprint density at radius 1 is 1.18 bits per heavy atom. The standard InChI is InChI=1S/C25H26FN3O4/c1-14-19(8-15-9-22(32-2)25(31)23(10-15)33-3)18-5-4-16(26)11-20(18)21(14)13-29-24(30)12-17(28)6-7-27/h4-11,27,31H,12-13,28H2,1-3H3,(H,29,30)/b17-6-,19-8-,27-7?. The zero-order chi connectivity index (χ0) is 24.1. The Hall–Kier alpha value is -4.07. The molecule has 0 radical (unpaired) electrons. The third-order valence-electron chi connectivity index (χ3n) is 5.39. The van der Waals surface area contributed by atoms with Gasteiger partial charge in [-0.25, -0.2) is 4.39 Å². The molecule has 0 aliphatic heterocycles. The van der Waals surface area contributed by atoms with E-state index in [0.717, 1.165) is 34.1 Å². The van der Waals surface area contributed by atoms with Crippen LogP contribution in [-0.4, -0.2) is 38.0 Å². The summed E-state index contributed by atoms with van der Waals surface area (Å²) < 4.78 is 24.6. The van der Waals surface area contributed by atoms with E-state index in [1.807, 2.05) is 13.0 Å². The number of methoxy groups -OCH3 is 2. The molecule has 0 saturated heterocycles. The number of benzene rings is 2. The summed E-state index contributed by atoms with van der Waals surface area (Å²) in [6, 6.07) is 7.90. The second-order valence-corrected chi connectivity index (χ2v) is 7.49. The molecule has 5 N–H and O–H groups in total. The first kappa shape index (κ1) is 23.6. The fourth-order valence-electron chi connectivity index (χ4n) is 3.75. The third-order valence-corrected chi connectivity index (χ3v) is 5.39. The number of hydrogen-bond acceptors (Lipinski definition) is 6. The Balaban J connectivity index is 2.00. The lowest BCUT2D eigenvalue weighted by molar-refractivity contribution is -0.120. The van der Waals surface area contributed by atoms with Gasteiger partial charge in [0.1, 0.15) is 5.82 Å². The van der Waals surface area contributed by atoms with Crippen molar-refractivity contribution >= 4 is 29.3 Å². The van der Waals surface area contributed by atoms with E-state index >= 15 is 0 Å². The van der Waals surface area contributed by atoms with E-state index in [4.69, 9.17) is 20.6 Å². The van der Waals surface area contributed by atoms with Crippen LogP contribution < -0.4 is 20.5 Å².